The van der Waals surface area contributed by atoms with E-state index in [1.807, 2.05) is 0 Å². The zero-order valence-corrected chi connectivity index (χ0v) is 11.7. The molecule has 0 saturated heterocycles. The highest BCUT2D eigenvalue weighted by Crippen LogP contribution is 2.42. The molecule has 1 atom stereocenters. The van der Waals surface area contributed by atoms with E-state index in [0.29, 0.717) is 28.8 Å². The van der Waals surface area contributed by atoms with Crippen molar-refractivity contribution in [2.75, 3.05) is 0 Å². The van der Waals surface area contributed by atoms with Crippen molar-refractivity contribution in [3.05, 3.63) is 58.2 Å². The number of hydrogen-bond acceptors (Lipinski definition) is 3. The number of hydrogen-bond donors (Lipinski definition) is 1. The predicted molar refractivity (Wildman–Crippen MR) is 76.5 cm³/mol. The van der Waals surface area contributed by atoms with E-state index in [-0.39, 0.29) is 11.6 Å². The molecule has 0 saturated carbocycles. The standard InChI is InChI=1S/C17H15FN2O/c1-10-12(9-19)16(11-5-2-3-6-13(11)18)17-14(20-10)7-4-8-15(17)21/h2-3,5-6,16,20H,4,7-8H2,1H3. The maximum atomic E-state index is 14.2. The van der Waals surface area contributed by atoms with Crippen LogP contribution in [-0.4, -0.2) is 5.78 Å². The van der Waals surface area contributed by atoms with Crippen LogP contribution in [0.5, 0.6) is 0 Å². The normalized spacial score (nSPS) is 21.8. The highest BCUT2D eigenvalue weighted by Gasteiger charge is 2.36. The molecular weight excluding hydrogens is 267 g/mol. The number of rotatable bonds is 1. The van der Waals surface area contributed by atoms with Gasteiger partial charge in [0.15, 0.2) is 5.78 Å². The first-order valence-corrected chi connectivity index (χ1v) is 7.02. The molecule has 0 spiro atoms. The van der Waals surface area contributed by atoms with Gasteiger partial charge >= 0.3 is 0 Å². The van der Waals surface area contributed by atoms with Crippen molar-refractivity contribution in [1.82, 2.24) is 5.32 Å². The second-order valence-corrected chi connectivity index (χ2v) is 5.40. The molecule has 3 nitrogen and oxygen atoms in total. The van der Waals surface area contributed by atoms with E-state index < -0.39 is 5.92 Å². The molecule has 1 heterocycles. The van der Waals surface area contributed by atoms with Crippen molar-refractivity contribution < 1.29 is 9.18 Å². The van der Waals surface area contributed by atoms with Crippen LogP contribution in [-0.2, 0) is 4.79 Å². The smallest absolute Gasteiger partial charge is 0.161 e. The minimum Gasteiger partial charge on any atom is -0.361 e. The Balaban J connectivity index is 2.23. The van der Waals surface area contributed by atoms with Crippen LogP contribution in [0, 0.1) is 17.1 Å². The summed E-state index contributed by atoms with van der Waals surface area (Å²) in [6.07, 6.45) is 2.02. The van der Waals surface area contributed by atoms with Gasteiger partial charge in [-0.15, -0.1) is 0 Å². The number of allylic oxidation sites excluding steroid dienone is 4. The Morgan fingerprint density at radius 3 is 2.81 bits per heavy atom. The van der Waals surface area contributed by atoms with Crippen LogP contribution in [0.2, 0.25) is 0 Å². The zero-order valence-electron chi connectivity index (χ0n) is 11.7. The SMILES string of the molecule is CC1=C(C#N)C(c2ccccc2F)C2=C(CCCC2=O)N1. The molecule has 3 rings (SSSR count). The number of Topliss-reactive ketones (excluding diaryl/α,β-unsaturated/α-hetero) is 1. The Labute approximate surface area is 122 Å². The summed E-state index contributed by atoms with van der Waals surface area (Å²) in [5, 5.41) is 12.6. The molecule has 1 aromatic carbocycles. The Kier molecular flexibility index (Phi) is 3.34. The summed E-state index contributed by atoms with van der Waals surface area (Å²) in [7, 11) is 0. The minimum atomic E-state index is -0.583. The first kappa shape index (κ1) is 13.6. The van der Waals surface area contributed by atoms with E-state index in [4.69, 9.17) is 0 Å². The lowest BCUT2D eigenvalue weighted by Gasteiger charge is -2.32. The number of halogens is 1. The molecule has 1 N–H and O–H groups in total. The number of nitriles is 1. The van der Waals surface area contributed by atoms with E-state index in [1.54, 1.807) is 25.1 Å². The number of dihydropyridines is 1. The number of nitrogens with one attached hydrogen (secondary N) is 1. The van der Waals surface area contributed by atoms with Crippen LogP contribution < -0.4 is 5.32 Å². The van der Waals surface area contributed by atoms with Crippen LogP contribution in [0.25, 0.3) is 0 Å². The predicted octanol–water partition coefficient (Wildman–Crippen LogP) is 3.32. The number of nitrogens with zero attached hydrogens (tertiary/aromatic N) is 1. The zero-order chi connectivity index (χ0) is 15.0. The van der Waals surface area contributed by atoms with Gasteiger partial charge in [0.1, 0.15) is 5.82 Å². The van der Waals surface area contributed by atoms with Crippen molar-refractivity contribution in [2.24, 2.45) is 0 Å². The second kappa shape index (κ2) is 5.17. The van der Waals surface area contributed by atoms with Gasteiger partial charge in [0.2, 0.25) is 0 Å². The first-order chi connectivity index (χ1) is 10.1. The van der Waals surface area contributed by atoms with Crippen LogP contribution in [0.4, 0.5) is 4.39 Å². The van der Waals surface area contributed by atoms with Gasteiger partial charge in [0, 0.05) is 29.0 Å². The summed E-state index contributed by atoms with van der Waals surface area (Å²) in [6, 6.07) is 8.52. The molecule has 0 amide bonds. The molecule has 1 unspecified atom stereocenters. The molecule has 1 aromatic rings. The summed E-state index contributed by atoms with van der Waals surface area (Å²) in [4.78, 5) is 12.3. The largest absolute Gasteiger partial charge is 0.361 e. The molecule has 0 bridgehead atoms. The van der Waals surface area contributed by atoms with Crippen LogP contribution in [0.1, 0.15) is 37.7 Å². The monoisotopic (exact) mass is 282 g/mol. The summed E-state index contributed by atoms with van der Waals surface area (Å²) in [6.45, 7) is 1.80. The second-order valence-electron chi connectivity index (χ2n) is 5.40. The van der Waals surface area contributed by atoms with Gasteiger partial charge in [-0.2, -0.15) is 5.26 Å². The molecule has 4 heteroatoms. The highest BCUT2D eigenvalue weighted by atomic mass is 19.1. The van der Waals surface area contributed by atoms with Crippen LogP contribution >= 0.6 is 0 Å². The van der Waals surface area contributed by atoms with Gasteiger partial charge in [0.05, 0.1) is 17.6 Å². The van der Waals surface area contributed by atoms with Gasteiger partial charge in [-0.05, 0) is 25.8 Å². The van der Waals surface area contributed by atoms with Crippen molar-refractivity contribution in [1.29, 1.82) is 5.26 Å². The topological polar surface area (TPSA) is 52.9 Å². The maximum absolute atomic E-state index is 14.2. The van der Waals surface area contributed by atoms with Gasteiger partial charge in [-0.3, -0.25) is 4.79 Å². The van der Waals surface area contributed by atoms with E-state index >= 15 is 0 Å². The lowest BCUT2D eigenvalue weighted by Crippen LogP contribution is -2.31. The first-order valence-electron chi connectivity index (χ1n) is 7.02. The fourth-order valence-electron chi connectivity index (χ4n) is 3.15. The molecule has 21 heavy (non-hydrogen) atoms. The van der Waals surface area contributed by atoms with Crippen LogP contribution in [0.3, 0.4) is 0 Å². The summed E-state index contributed by atoms with van der Waals surface area (Å²) in [5.41, 5.74) is 2.94. The molecular formula is C17H15FN2O. The molecule has 0 fully saturated rings. The molecule has 0 radical (unpaired) electrons. The van der Waals surface area contributed by atoms with Crippen molar-refractivity contribution in [3.8, 4) is 6.07 Å². The van der Waals surface area contributed by atoms with Crippen molar-refractivity contribution in [2.45, 2.75) is 32.1 Å². The van der Waals surface area contributed by atoms with Gasteiger partial charge < -0.3 is 5.32 Å². The summed E-state index contributed by atoms with van der Waals surface area (Å²) >= 11 is 0. The third kappa shape index (κ3) is 2.15. The van der Waals surface area contributed by atoms with Crippen molar-refractivity contribution >= 4 is 5.78 Å². The van der Waals surface area contributed by atoms with Crippen LogP contribution in [0.15, 0.2) is 46.8 Å². The number of benzene rings is 1. The average Bonchev–Trinajstić information content (AvgIpc) is 2.47. The number of carbonyl (C=O) groups excluding carboxylic acids is 1. The van der Waals surface area contributed by atoms with Gasteiger partial charge in [-0.25, -0.2) is 4.39 Å². The molecule has 1 aliphatic heterocycles. The lowest BCUT2D eigenvalue weighted by molar-refractivity contribution is -0.116. The van der Waals surface area contributed by atoms with Gasteiger partial charge in [-0.1, -0.05) is 18.2 Å². The highest BCUT2D eigenvalue weighted by molar-refractivity contribution is 5.99. The summed E-state index contributed by atoms with van der Waals surface area (Å²) in [5.74, 6) is -0.951. The quantitative estimate of drug-likeness (QED) is 0.859. The Morgan fingerprint density at radius 1 is 1.33 bits per heavy atom. The Morgan fingerprint density at radius 2 is 2.10 bits per heavy atom. The maximum Gasteiger partial charge on any atom is 0.161 e. The van der Waals surface area contributed by atoms with Crippen molar-refractivity contribution in [3.63, 3.8) is 0 Å². The van der Waals surface area contributed by atoms with E-state index in [9.17, 15) is 14.4 Å². The molecule has 106 valence electrons. The molecule has 1 aliphatic carbocycles. The van der Waals surface area contributed by atoms with E-state index in [2.05, 4.69) is 11.4 Å². The molecule has 0 aromatic heterocycles. The average molecular weight is 282 g/mol. The van der Waals surface area contributed by atoms with Gasteiger partial charge in [0.25, 0.3) is 0 Å². The molecule has 2 aliphatic rings. The fourth-order valence-corrected chi connectivity index (χ4v) is 3.15. The number of carbonyl (C=O) groups is 1. The summed E-state index contributed by atoms with van der Waals surface area (Å²) < 4.78 is 14.2. The minimum absolute atomic E-state index is 0.0113. The Bertz CT molecular complexity index is 725. The van der Waals surface area contributed by atoms with E-state index in [0.717, 1.165) is 18.5 Å². The third-order valence-electron chi connectivity index (χ3n) is 4.11. The number of ketones is 1. The lowest BCUT2D eigenvalue weighted by atomic mass is 9.75. The van der Waals surface area contributed by atoms with E-state index in [1.165, 1.54) is 6.07 Å². The fraction of sp³-hybridized carbons (Fsp3) is 0.294. The third-order valence-corrected chi connectivity index (χ3v) is 4.11. The Hall–Kier alpha value is -2.41.